The number of nitrogens with one attached hydrogen (secondary N) is 1. The molecule has 1 amide bonds. The van der Waals surface area contributed by atoms with Gasteiger partial charge in [0.15, 0.2) is 0 Å². The van der Waals surface area contributed by atoms with Crippen molar-refractivity contribution >= 4 is 18.1 Å². The van der Waals surface area contributed by atoms with Gasteiger partial charge in [-0.3, -0.25) is 10.00 Å². The first-order chi connectivity index (χ1) is 11.1. The molecule has 1 aromatic carbocycles. The molecule has 1 aromatic heterocycles. The number of hydrogen-bond acceptors (Lipinski definition) is 5. The number of nitrogens with zero attached hydrogens (tertiary/aromatic N) is 2. The lowest BCUT2D eigenvalue weighted by Crippen LogP contribution is -2.28. The molecular weight excluding hydrogens is 298 g/mol. The van der Waals surface area contributed by atoms with E-state index in [0.29, 0.717) is 5.56 Å². The minimum atomic E-state index is -0.741. The molecule has 1 N–H and O–H groups in total. The summed E-state index contributed by atoms with van der Waals surface area (Å²) in [7, 11) is 2.98. The predicted octanol–water partition coefficient (Wildman–Crippen LogP) is 1.86. The number of rotatable bonds is 5. The fourth-order valence-corrected chi connectivity index (χ4v) is 1.81. The fraction of sp³-hybridized carbons (Fsp3) is 0.188. The van der Waals surface area contributed by atoms with E-state index in [1.165, 1.54) is 13.2 Å². The quantitative estimate of drug-likeness (QED) is 0.672. The Morgan fingerprint density at radius 1 is 1.30 bits per heavy atom. The highest BCUT2D eigenvalue weighted by Gasteiger charge is 2.15. The van der Waals surface area contributed by atoms with E-state index in [1.807, 2.05) is 30.3 Å². The summed E-state index contributed by atoms with van der Waals surface area (Å²) in [6.07, 6.45) is 3.97. The molecular formula is C16H17N3O4. The molecule has 0 aliphatic carbocycles. The summed E-state index contributed by atoms with van der Waals surface area (Å²) < 4.78 is 11.3. The van der Waals surface area contributed by atoms with E-state index in [1.54, 1.807) is 24.1 Å². The minimum absolute atomic E-state index is 0.0291. The van der Waals surface area contributed by atoms with Crippen molar-refractivity contribution in [2.24, 2.45) is 7.05 Å². The van der Waals surface area contributed by atoms with Gasteiger partial charge in [0.05, 0.1) is 13.3 Å². The van der Waals surface area contributed by atoms with Crippen molar-refractivity contribution in [3.8, 4) is 0 Å². The minimum Gasteiger partial charge on any atom is -0.464 e. The van der Waals surface area contributed by atoms with E-state index >= 15 is 0 Å². The molecule has 0 saturated heterocycles. The zero-order valence-corrected chi connectivity index (χ0v) is 12.9. The van der Waals surface area contributed by atoms with Crippen molar-refractivity contribution in [3.63, 3.8) is 0 Å². The molecule has 0 fully saturated rings. The van der Waals surface area contributed by atoms with Crippen LogP contribution in [0.25, 0.3) is 6.08 Å². The predicted molar refractivity (Wildman–Crippen MR) is 83.0 cm³/mol. The average molecular weight is 315 g/mol. The van der Waals surface area contributed by atoms with E-state index in [2.05, 4.69) is 15.2 Å². The number of ether oxygens (including phenoxy) is 2. The van der Waals surface area contributed by atoms with Gasteiger partial charge < -0.3 is 9.47 Å². The van der Waals surface area contributed by atoms with Crippen LogP contribution in [0, 0.1) is 0 Å². The van der Waals surface area contributed by atoms with Gasteiger partial charge in [0, 0.05) is 18.8 Å². The number of alkyl carbamates (subject to hydrolysis) is 1. The number of hydrogen-bond donors (Lipinski definition) is 1. The molecule has 2 rings (SSSR count). The second-order valence-electron chi connectivity index (χ2n) is 4.68. The topological polar surface area (TPSA) is 82.5 Å². The fourth-order valence-electron chi connectivity index (χ4n) is 1.81. The smallest absolute Gasteiger partial charge is 0.412 e. The number of aromatic nitrogens is 2. The van der Waals surface area contributed by atoms with Crippen LogP contribution >= 0.6 is 0 Å². The lowest BCUT2D eigenvalue weighted by atomic mass is 10.2. The molecule has 2 aromatic rings. The summed E-state index contributed by atoms with van der Waals surface area (Å²) in [6, 6.07) is 9.23. The van der Waals surface area contributed by atoms with Gasteiger partial charge in [-0.25, -0.2) is 9.59 Å². The van der Waals surface area contributed by atoms with Crippen molar-refractivity contribution in [3.05, 3.63) is 59.5 Å². The van der Waals surface area contributed by atoms with Crippen LogP contribution in [0.15, 0.2) is 48.4 Å². The lowest BCUT2D eigenvalue weighted by Gasteiger charge is -2.09. The summed E-state index contributed by atoms with van der Waals surface area (Å²) in [4.78, 5) is 23.6. The molecule has 0 unspecified atom stereocenters. The van der Waals surface area contributed by atoms with Crippen molar-refractivity contribution < 1.29 is 19.1 Å². The first-order valence-corrected chi connectivity index (χ1v) is 6.85. The Labute approximate surface area is 133 Å². The maximum atomic E-state index is 11.8. The molecule has 0 saturated carbocycles. The molecule has 0 radical (unpaired) electrons. The normalized spacial score (nSPS) is 11.0. The van der Waals surface area contributed by atoms with Gasteiger partial charge >= 0.3 is 12.1 Å². The number of esters is 1. The van der Waals surface area contributed by atoms with Crippen LogP contribution in [0.3, 0.4) is 0 Å². The van der Waals surface area contributed by atoms with E-state index < -0.39 is 12.1 Å². The zero-order chi connectivity index (χ0) is 16.7. The zero-order valence-electron chi connectivity index (χ0n) is 12.9. The Bertz CT molecular complexity index is 707. The first-order valence-electron chi connectivity index (χ1n) is 6.85. The SMILES string of the molecule is COC(=O)/C(=C/c1cnn(C)c1)NC(=O)OCc1ccccc1. The maximum Gasteiger partial charge on any atom is 0.412 e. The van der Waals surface area contributed by atoms with Crippen LogP contribution in [-0.4, -0.2) is 29.0 Å². The van der Waals surface area contributed by atoms with E-state index in [9.17, 15) is 9.59 Å². The number of aryl methyl sites for hydroxylation is 1. The summed E-state index contributed by atoms with van der Waals surface area (Å²) in [6.45, 7) is 0.105. The Morgan fingerprint density at radius 3 is 2.65 bits per heavy atom. The van der Waals surface area contributed by atoms with Crippen molar-refractivity contribution in [1.29, 1.82) is 0 Å². The van der Waals surface area contributed by atoms with Gasteiger partial charge in [-0.2, -0.15) is 5.10 Å². The van der Waals surface area contributed by atoms with Gasteiger partial charge in [0.1, 0.15) is 12.3 Å². The molecule has 1 heterocycles. The van der Waals surface area contributed by atoms with Gasteiger partial charge in [-0.15, -0.1) is 0 Å². The third-order valence-corrected chi connectivity index (χ3v) is 2.89. The van der Waals surface area contributed by atoms with Crippen molar-refractivity contribution in [2.75, 3.05) is 7.11 Å². The van der Waals surface area contributed by atoms with E-state index in [-0.39, 0.29) is 12.3 Å². The third kappa shape index (κ3) is 4.99. The van der Waals surface area contributed by atoms with Gasteiger partial charge in [-0.05, 0) is 11.6 Å². The summed E-state index contributed by atoms with van der Waals surface area (Å²) in [5.41, 5.74) is 1.47. The number of methoxy groups -OCH3 is 1. The summed E-state index contributed by atoms with van der Waals surface area (Å²) in [5.74, 6) is -0.675. The Hall–Kier alpha value is -3.09. The largest absolute Gasteiger partial charge is 0.464 e. The van der Waals surface area contributed by atoms with Crippen LogP contribution in [-0.2, 0) is 27.9 Å². The average Bonchev–Trinajstić information content (AvgIpc) is 2.97. The van der Waals surface area contributed by atoms with E-state index in [4.69, 9.17) is 4.74 Å². The highest BCUT2D eigenvalue weighted by molar-refractivity contribution is 5.96. The van der Waals surface area contributed by atoms with Crippen LogP contribution in [0.4, 0.5) is 4.79 Å². The van der Waals surface area contributed by atoms with Crippen LogP contribution in [0.2, 0.25) is 0 Å². The lowest BCUT2D eigenvalue weighted by molar-refractivity contribution is -0.136. The standard InChI is InChI=1S/C16H17N3O4/c1-19-10-13(9-17-19)8-14(15(20)22-2)18-16(21)23-11-12-6-4-3-5-7-12/h3-10H,11H2,1-2H3,(H,18,21)/b14-8-. The van der Waals surface area contributed by atoms with E-state index in [0.717, 1.165) is 5.56 Å². The highest BCUT2D eigenvalue weighted by Crippen LogP contribution is 2.06. The van der Waals surface area contributed by atoms with Gasteiger partial charge in [0.25, 0.3) is 0 Å². The molecule has 0 aliphatic heterocycles. The first kappa shape index (κ1) is 16.3. The number of benzene rings is 1. The monoisotopic (exact) mass is 315 g/mol. The number of amides is 1. The summed E-state index contributed by atoms with van der Waals surface area (Å²) in [5, 5.41) is 6.37. The third-order valence-electron chi connectivity index (χ3n) is 2.89. The van der Waals surface area contributed by atoms with Gasteiger partial charge in [0.2, 0.25) is 0 Å². The van der Waals surface area contributed by atoms with Gasteiger partial charge in [-0.1, -0.05) is 30.3 Å². The number of carbonyl (C=O) groups is 2. The van der Waals surface area contributed by atoms with Crippen molar-refractivity contribution in [2.45, 2.75) is 6.61 Å². The van der Waals surface area contributed by atoms with Crippen molar-refractivity contribution in [1.82, 2.24) is 15.1 Å². The molecule has 23 heavy (non-hydrogen) atoms. The molecule has 120 valence electrons. The Morgan fingerprint density at radius 2 is 2.04 bits per heavy atom. The van der Waals surface area contributed by atoms with Crippen LogP contribution in [0.1, 0.15) is 11.1 Å². The molecule has 0 atom stereocenters. The second-order valence-corrected chi connectivity index (χ2v) is 4.68. The molecule has 7 nitrogen and oxygen atoms in total. The second kappa shape index (κ2) is 7.79. The molecule has 0 bridgehead atoms. The number of carbonyl (C=O) groups excluding carboxylic acids is 2. The van der Waals surface area contributed by atoms with Crippen LogP contribution in [0.5, 0.6) is 0 Å². The Balaban J connectivity index is 2.01. The highest BCUT2D eigenvalue weighted by atomic mass is 16.6. The Kier molecular flexibility index (Phi) is 5.51. The van der Waals surface area contributed by atoms with Crippen LogP contribution < -0.4 is 5.32 Å². The molecule has 7 heteroatoms. The molecule has 0 aliphatic rings. The summed E-state index contributed by atoms with van der Waals surface area (Å²) >= 11 is 0. The maximum absolute atomic E-state index is 11.8. The molecule has 0 spiro atoms.